The highest BCUT2D eigenvalue weighted by molar-refractivity contribution is 5.77. The highest BCUT2D eigenvalue weighted by Crippen LogP contribution is 2.20. The minimum atomic E-state index is 0.117. The molecule has 2 rings (SSSR count). The summed E-state index contributed by atoms with van der Waals surface area (Å²) in [7, 11) is 0. The largest absolute Gasteiger partial charge is 0.369 e. The predicted octanol–water partition coefficient (Wildman–Crippen LogP) is 2.50. The third-order valence-electron chi connectivity index (χ3n) is 3.55. The van der Waals surface area contributed by atoms with Gasteiger partial charge in [-0.25, -0.2) is 0 Å². The summed E-state index contributed by atoms with van der Waals surface area (Å²) >= 11 is 0. The van der Waals surface area contributed by atoms with Crippen LogP contribution in [0, 0.1) is 5.92 Å². The summed E-state index contributed by atoms with van der Waals surface area (Å²) < 4.78 is 5.38. The Kier molecular flexibility index (Phi) is 4.97. The van der Waals surface area contributed by atoms with E-state index in [0.717, 1.165) is 25.9 Å². The van der Waals surface area contributed by atoms with Crippen molar-refractivity contribution in [3.63, 3.8) is 0 Å². The Hall–Kier alpha value is -1.35. The van der Waals surface area contributed by atoms with Crippen LogP contribution in [0.5, 0.6) is 0 Å². The van der Waals surface area contributed by atoms with Gasteiger partial charge in [-0.3, -0.25) is 4.79 Å². The van der Waals surface area contributed by atoms with Gasteiger partial charge in [0, 0.05) is 13.1 Å². The maximum absolute atomic E-state index is 11.9. The van der Waals surface area contributed by atoms with Crippen LogP contribution in [0.2, 0.25) is 0 Å². The van der Waals surface area contributed by atoms with Crippen molar-refractivity contribution in [3.05, 3.63) is 35.9 Å². The molecule has 0 aliphatic carbocycles. The molecule has 0 aromatic heterocycles. The summed E-state index contributed by atoms with van der Waals surface area (Å²) in [6.45, 7) is 5.87. The molecule has 1 heterocycles. The van der Waals surface area contributed by atoms with E-state index >= 15 is 0 Å². The van der Waals surface area contributed by atoms with Crippen molar-refractivity contribution in [3.8, 4) is 0 Å². The summed E-state index contributed by atoms with van der Waals surface area (Å²) in [5.41, 5.74) is 1.36. The molecule has 1 unspecified atom stereocenters. The van der Waals surface area contributed by atoms with E-state index < -0.39 is 0 Å². The van der Waals surface area contributed by atoms with E-state index in [1.54, 1.807) is 0 Å². The highest BCUT2D eigenvalue weighted by atomic mass is 16.5. The third-order valence-corrected chi connectivity index (χ3v) is 3.55. The molecule has 3 nitrogen and oxygen atoms in total. The molecular weight excluding hydrogens is 238 g/mol. The number of hydrogen-bond acceptors (Lipinski definition) is 2. The Morgan fingerprint density at radius 2 is 2.11 bits per heavy atom. The SMILES string of the molecule is CC(C)OCC(=O)N1CCC(Cc2ccccc2)C1. The molecule has 1 saturated heterocycles. The first-order chi connectivity index (χ1) is 9.15. The molecule has 3 heteroatoms. The lowest BCUT2D eigenvalue weighted by Gasteiger charge is -2.17. The fourth-order valence-electron chi connectivity index (χ4n) is 2.50. The highest BCUT2D eigenvalue weighted by Gasteiger charge is 2.26. The van der Waals surface area contributed by atoms with Gasteiger partial charge < -0.3 is 9.64 Å². The van der Waals surface area contributed by atoms with E-state index in [-0.39, 0.29) is 18.6 Å². The number of nitrogens with zero attached hydrogens (tertiary/aromatic N) is 1. The van der Waals surface area contributed by atoms with Gasteiger partial charge in [0.05, 0.1) is 6.10 Å². The molecule has 0 N–H and O–H groups in total. The monoisotopic (exact) mass is 261 g/mol. The minimum Gasteiger partial charge on any atom is -0.369 e. The van der Waals surface area contributed by atoms with E-state index in [0.29, 0.717) is 5.92 Å². The van der Waals surface area contributed by atoms with E-state index in [1.807, 2.05) is 24.8 Å². The van der Waals surface area contributed by atoms with Gasteiger partial charge in [-0.2, -0.15) is 0 Å². The Morgan fingerprint density at radius 3 is 2.79 bits per heavy atom. The van der Waals surface area contributed by atoms with Crippen LogP contribution in [0.1, 0.15) is 25.8 Å². The molecule has 1 atom stereocenters. The number of amides is 1. The Bertz CT molecular complexity index is 402. The van der Waals surface area contributed by atoms with Crippen molar-refractivity contribution in [1.82, 2.24) is 4.90 Å². The summed E-state index contributed by atoms with van der Waals surface area (Å²) in [4.78, 5) is 13.9. The maximum atomic E-state index is 11.9. The van der Waals surface area contributed by atoms with Crippen molar-refractivity contribution in [2.45, 2.75) is 32.8 Å². The predicted molar refractivity (Wildman–Crippen MR) is 75.9 cm³/mol. The zero-order valence-electron chi connectivity index (χ0n) is 11.8. The lowest BCUT2D eigenvalue weighted by atomic mass is 9.99. The standard InChI is InChI=1S/C16H23NO2/c1-13(2)19-12-16(18)17-9-8-15(11-17)10-14-6-4-3-5-7-14/h3-7,13,15H,8-12H2,1-2H3. The fraction of sp³-hybridized carbons (Fsp3) is 0.562. The molecule has 1 fully saturated rings. The molecule has 19 heavy (non-hydrogen) atoms. The fourth-order valence-corrected chi connectivity index (χ4v) is 2.50. The summed E-state index contributed by atoms with van der Waals surface area (Å²) in [5.74, 6) is 0.717. The number of benzene rings is 1. The summed E-state index contributed by atoms with van der Waals surface area (Å²) in [6, 6.07) is 10.5. The van der Waals surface area contributed by atoms with Crippen molar-refractivity contribution in [2.75, 3.05) is 19.7 Å². The van der Waals surface area contributed by atoms with Gasteiger partial charge in [-0.05, 0) is 38.2 Å². The minimum absolute atomic E-state index is 0.117. The van der Waals surface area contributed by atoms with Crippen LogP contribution in [0.15, 0.2) is 30.3 Å². The van der Waals surface area contributed by atoms with Crippen LogP contribution in [-0.2, 0) is 16.0 Å². The molecule has 0 saturated carbocycles. The second-order valence-corrected chi connectivity index (χ2v) is 5.54. The number of rotatable bonds is 5. The molecule has 1 amide bonds. The summed E-state index contributed by atoms with van der Waals surface area (Å²) in [5, 5.41) is 0. The molecule has 104 valence electrons. The number of ether oxygens (including phenoxy) is 1. The lowest BCUT2D eigenvalue weighted by Crippen LogP contribution is -2.33. The number of carbonyl (C=O) groups is 1. The molecule has 1 aromatic rings. The molecular formula is C16H23NO2. The number of likely N-dealkylation sites (tertiary alicyclic amines) is 1. The molecule has 0 radical (unpaired) electrons. The van der Waals surface area contributed by atoms with Crippen LogP contribution in [0.25, 0.3) is 0 Å². The second kappa shape index (κ2) is 6.71. The van der Waals surface area contributed by atoms with Crippen LogP contribution in [0.3, 0.4) is 0 Å². The molecule has 0 spiro atoms. The van der Waals surface area contributed by atoms with Crippen LogP contribution >= 0.6 is 0 Å². The van der Waals surface area contributed by atoms with Gasteiger partial charge >= 0.3 is 0 Å². The third kappa shape index (κ3) is 4.35. The maximum Gasteiger partial charge on any atom is 0.248 e. The van der Waals surface area contributed by atoms with Crippen LogP contribution in [-0.4, -0.2) is 36.6 Å². The zero-order valence-corrected chi connectivity index (χ0v) is 11.8. The van der Waals surface area contributed by atoms with Crippen LogP contribution < -0.4 is 0 Å². The van der Waals surface area contributed by atoms with Gasteiger partial charge in [0.25, 0.3) is 0 Å². The van der Waals surface area contributed by atoms with E-state index in [9.17, 15) is 4.79 Å². The van der Waals surface area contributed by atoms with Gasteiger partial charge in [0.2, 0.25) is 5.91 Å². The van der Waals surface area contributed by atoms with Gasteiger partial charge in [0.15, 0.2) is 0 Å². The molecule has 1 aromatic carbocycles. The van der Waals surface area contributed by atoms with Crippen molar-refractivity contribution >= 4 is 5.91 Å². The Labute approximate surface area is 115 Å². The average Bonchev–Trinajstić information content (AvgIpc) is 2.85. The molecule has 1 aliphatic rings. The van der Waals surface area contributed by atoms with E-state index in [4.69, 9.17) is 4.74 Å². The average molecular weight is 261 g/mol. The second-order valence-electron chi connectivity index (χ2n) is 5.54. The molecule has 0 bridgehead atoms. The lowest BCUT2D eigenvalue weighted by molar-refractivity contribution is -0.136. The topological polar surface area (TPSA) is 29.5 Å². The van der Waals surface area contributed by atoms with Crippen molar-refractivity contribution < 1.29 is 9.53 Å². The van der Waals surface area contributed by atoms with Crippen molar-refractivity contribution in [2.24, 2.45) is 5.92 Å². The van der Waals surface area contributed by atoms with Gasteiger partial charge in [-0.15, -0.1) is 0 Å². The number of hydrogen-bond donors (Lipinski definition) is 0. The first-order valence-corrected chi connectivity index (χ1v) is 7.08. The molecule has 1 aliphatic heterocycles. The smallest absolute Gasteiger partial charge is 0.248 e. The quantitative estimate of drug-likeness (QED) is 0.815. The Morgan fingerprint density at radius 1 is 1.37 bits per heavy atom. The zero-order chi connectivity index (χ0) is 13.7. The first kappa shape index (κ1) is 14.1. The number of carbonyl (C=O) groups excluding carboxylic acids is 1. The van der Waals surface area contributed by atoms with Gasteiger partial charge in [0.1, 0.15) is 6.61 Å². The van der Waals surface area contributed by atoms with Crippen LogP contribution in [0.4, 0.5) is 0 Å². The van der Waals surface area contributed by atoms with Gasteiger partial charge in [-0.1, -0.05) is 30.3 Å². The van der Waals surface area contributed by atoms with E-state index in [1.165, 1.54) is 5.56 Å². The van der Waals surface area contributed by atoms with Crippen molar-refractivity contribution in [1.29, 1.82) is 0 Å². The normalized spacial score (nSPS) is 19.1. The Balaban J connectivity index is 1.78. The van der Waals surface area contributed by atoms with E-state index in [2.05, 4.69) is 24.3 Å². The summed E-state index contributed by atoms with van der Waals surface area (Å²) in [6.07, 6.45) is 2.28. The first-order valence-electron chi connectivity index (χ1n) is 7.08.